The van der Waals surface area contributed by atoms with Crippen LogP contribution in [0.2, 0.25) is 0 Å². The molecule has 14 heavy (non-hydrogen) atoms. The fraction of sp³-hybridized carbons (Fsp3) is 0.833. The Morgan fingerprint density at radius 1 is 1.14 bits per heavy atom. The Bertz CT molecular complexity index is 347. The molecule has 0 atom stereocenters. The van der Waals surface area contributed by atoms with Crippen molar-refractivity contribution in [2.75, 3.05) is 0 Å². The summed E-state index contributed by atoms with van der Waals surface area (Å²) < 4.78 is 52.3. The van der Waals surface area contributed by atoms with E-state index in [1.807, 2.05) is 0 Å². The monoisotopic (exact) mass is 210 g/mol. The molecule has 0 bridgehead atoms. The summed E-state index contributed by atoms with van der Waals surface area (Å²) in [6, 6.07) is -3.42. The summed E-state index contributed by atoms with van der Waals surface area (Å²) in [4.78, 5) is 0. The van der Waals surface area contributed by atoms with Crippen molar-refractivity contribution in [2.24, 2.45) is 0 Å². The van der Waals surface area contributed by atoms with Crippen molar-refractivity contribution in [1.29, 1.82) is 0 Å². The van der Waals surface area contributed by atoms with Crippen LogP contribution >= 0.6 is 0 Å². The number of halogens is 4. The maximum atomic E-state index is 13.1. The van der Waals surface area contributed by atoms with Crippen molar-refractivity contribution in [1.82, 2.24) is 20.2 Å². The smallest absolute Gasteiger partial charge is 0.206 e. The highest BCUT2D eigenvalue weighted by Gasteiger charge is 2.45. The van der Waals surface area contributed by atoms with E-state index in [0.717, 1.165) is 0 Å². The lowest BCUT2D eigenvalue weighted by molar-refractivity contribution is -0.112. The Balaban J connectivity index is 2.44. The summed E-state index contributed by atoms with van der Waals surface area (Å²) in [5.74, 6) is -3.63. The second-order valence-electron chi connectivity index (χ2n) is 3.21. The van der Waals surface area contributed by atoms with Crippen LogP contribution in [0.4, 0.5) is 17.6 Å². The SMILES string of the molecule is FC1(F)CCC(F)(F)n2nnnc2C1. The summed E-state index contributed by atoms with van der Waals surface area (Å²) in [6.45, 7) is 0. The molecule has 1 aliphatic heterocycles. The molecule has 0 fully saturated rings. The highest BCUT2D eigenvalue weighted by Crippen LogP contribution is 2.37. The van der Waals surface area contributed by atoms with Crippen LogP contribution < -0.4 is 0 Å². The molecule has 1 aromatic heterocycles. The largest absolute Gasteiger partial charge is 0.346 e. The molecule has 0 amide bonds. The lowest BCUT2D eigenvalue weighted by atomic mass is 10.1. The minimum Gasteiger partial charge on any atom is -0.206 e. The number of nitrogens with zero attached hydrogens (tertiary/aromatic N) is 4. The molecule has 0 saturated heterocycles. The van der Waals surface area contributed by atoms with Gasteiger partial charge in [-0.05, 0) is 10.4 Å². The topological polar surface area (TPSA) is 43.6 Å². The first-order valence-corrected chi connectivity index (χ1v) is 3.94. The van der Waals surface area contributed by atoms with E-state index in [0.29, 0.717) is 0 Å². The zero-order valence-corrected chi connectivity index (χ0v) is 6.92. The Morgan fingerprint density at radius 3 is 2.57 bits per heavy atom. The van der Waals surface area contributed by atoms with E-state index in [2.05, 4.69) is 15.5 Å². The molecule has 1 aromatic rings. The molecule has 78 valence electrons. The number of aromatic nitrogens is 4. The molecule has 0 spiro atoms. The normalized spacial score (nSPS) is 24.0. The third kappa shape index (κ3) is 1.44. The molecule has 0 unspecified atom stereocenters. The van der Waals surface area contributed by atoms with Crippen molar-refractivity contribution >= 4 is 0 Å². The highest BCUT2D eigenvalue weighted by molar-refractivity contribution is 4.94. The van der Waals surface area contributed by atoms with Crippen LogP contribution in [0, 0.1) is 0 Å². The highest BCUT2D eigenvalue weighted by atomic mass is 19.3. The Morgan fingerprint density at radius 2 is 1.86 bits per heavy atom. The zero-order valence-electron chi connectivity index (χ0n) is 6.92. The number of alkyl halides is 4. The van der Waals surface area contributed by atoms with Crippen LogP contribution in [0.25, 0.3) is 0 Å². The predicted molar refractivity (Wildman–Crippen MR) is 35.9 cm³/mol. The number of tetrazole rings is 1. The van der Waals surface area contributed by atoms with Gasteiger partial charge in [0.25, 0.3) is 5.92 Å². The molecule has 1 aliphatic rings. The Hall–Kier alpha value is -1.21. The fourth-order valence-electron chi connectivity index (χ4n) is 1.33. The number of hydrogen-bond acceptors (Lipinski definition) is 3. The van der Waals surface area contributed by atoms with E-state index in [-0.39, 0.29) is 4.68 Å². The number of fused-ring (bicyclic) bond motifs is 1. The van der Waals surface area contributed by atoms with Crippen molar-refractivity contribution in [3.63, 3.8) is 0 Å². The average molecular weight is 210 g/mol. The van der Waals surface area contributed by atoms with Gasteiger partial charge in [0, 0.05) is 12.8 Å². The van der Waals surface area contributed by atoms with Gasteiger partial charge in [-0.15, -0.1) is 5.10 Å². The molecule has 0 saturated carbocycles. The van der Waals surface area contributed by atoms with Crippen LogP contribution in [0.1, 0.15) is 18.7 Å². The van der Waals surface area contributed by atoms with Gasteiger partial charge in [-0.25, -0.2) is 8.78 Å². The van der Waals surface area contributed by atoms with Gasteiger partial charge >= 0.3 is 6.05 Å². The number of rotatable bonds is 0. The predicted octanol–water partition coefficient (Wildman–Crippen LogP) is 1.19. The summed E-state index contributed by atoms with van der Waals surface area (Å²) in [6.07, 6.45) is -2.65. The van der Waals surface area contributed by atoms with Crippen LogP contribution in [0.3, 0.4) is 0 Å². The average Bonchev–Trinajstić information content (AvgIpc) is 2.46. The summed E-state index contributed by atoms with van der Waals surface area (Å²) in [7, 11) is 0. The van der Waals surface area contributed by atoms with Gasteiger partial charge in [0.1, 0.15) is 0 Å². The minimum atomic E-state index is -3.42. The van der Waals surface area contributed by atoms with E-state index < -0.39 is 37.1 Å². The van der Waals surface area contributed by atoms with Gasteiger partial charge in [-0.3, -0.25) is 0 Å². The standard InChI is InChI=1S/C6H6F4N4/c7-5(8)1-2-6(9,10)14-4(3-5)11-12-13-14/h1-3H2. The van der Waals surface area contributed by atoms with E-state index >= 15 is 0 Å². The molecule has 8 heteroatoms. The lowest BCUT2D eigenvalue weighted by Crippen LogP contribution is -2.24. The summed E-state index contributed by atoms with van der Waals surface area (Å²) in [5, 5.41) is 9.11. The molecular weight excluding hydrogens is 204 g/mol. The summed E-state index contributed by atoms with van der Waals surface area (Å²) >= 11 is 0. The third-order valence-electron chi connectivity index (χ3n) is 2.05. The molecule has 0 N–H and O–H groups in total. The maximum absolute atomic E-state index is 13.1. The Labute approximate surface area is 75.9 Å². The van der Waals surface area contributed by atoms with Crippen LogP contribution in [0.5, 0.6) is 0 Å². The molecule has 2 rings (SSSR count). The van der Waals surface area contributed by atoms with E-state index in [9.17, 15) is 17.6 Å². The van der Waals surface area contributed by atoms with Crippen molar-refractivity contribution in [3.05, 3.63) is 5.82 Å². The molecule has 0 radical (unpaired) electrons. The van der Waals surface area contributed by atoms with E-state index in [1.165, 1.54) is 0 Å². The molecule has 4 nitrogen and oxygen atoms in total. The summed E-state index contributed by atoms with van der Waals surface area (Å²) in [5.41, 5.74) is 0. The number of hydrogen-bond donors (Lipinski definition) is 0. The lowest BCUT2D eigenvalue weighted by Gasteiger charge is -2.14. The van der Waals surface area contributed by atoms with Crippen LogP contribution in [0.15, 0.2) is 0 Å². The van der Waals surface area contributed by atoms with Crippen molar-refractivity contribution in [3.8, 4) is 0 Å². The second kappa shape index (κ2) is 2.64. The first-order chi connectivity index (χ1) is 6.41. The molecular formula is C6H6F4N4. The second-order valence-corrected chi connectivity index (χ2v) is 3.21. The van der Waals surface area contributed by atoms with Crippen LogP contribution in [-0.4, -0.2) is 26.1 Å². The van der Waals surface area contributed by atoms with Gasteiger partial charge in [-0.2, -0.15) is 13.5 Å². The van der Waals surface area contributed by atoms with Crippen molar-refractivity contribution in [2.45, 2.75) is 31.2 Å². The van der Waals surface area contributed by atoms with Gasteiger partial charge < -0.3 is 0 Å². The molecule has 0 aromatic carbocycles. The van der Waals surface area contributed by atoms with Gasteiger partial charge in [0.2, 0.25) is 0 Å². The van der Waals surface area contributed by atoms with Gasteiger partial charge in [0.15, 0.2) is 5.82 Å². The first kappa shape index (κ1) is 9.35. The quantitative estimate of drug-likeness (QED) is 0.604. The zero-order chi connectivity index (χ0) is 10.4. The van der Waals surface area contributed by atoms with Gasteiger partial charge in [-0.1, -0.05) is 0 Å². The first-order valence-electron chi connectivity index (χ1n) is 3.94. The van der Waals surface area contributed by atoms with Crippen molar-refractivity contribution < 1.29 is 17.6 Å². The minimum absolute atomic E-state index is 0.175. The third-order valence-corrected chi connectivity index (χ3v) is 2.05. The van der Waals surface area contributed by atoms with Gasteiger partial charge in [0.05, 0.1) is 6.42 Å². The van der Waals surface area contributed by atoms with Crippen LogP contribution in [-0.2, 0) is 12.5 Å². The molecule has 2 heterocycles. The van der Waals surface area contributed by atoms with E-state index in [1.54, 1.807) is 0 Å². The fourth-order valence-corrected chi connectivity index (χ4v) is 1.33. The maximum Gasteiger partial charge on any atom is 0.346 e. The van der Waals surface area contributed by atoms with E-state index in [4.69, 9.17) is 0 Å². The molecule has 0 aliphatic carbocycles. The Kier molecular flexibility index (Phi) is 1.76.